The summed E-state index contributed by atoms with van der Waals surface area (Å²) in [5, 5.41) is 13.1. The maximum atomic E-state index is 13.1. The monoisotopic (exact) mass is 634 g/mol. The predicted octanol–water partition coefficient (Wildman–Crippen LogP) is 8.58. The maximum Gasteiger partial charge on any atom is 0.326 e. The second kappa shape index (κ2) is 18.9. The summed E-state index contributed by atoms with van der Waals surface area (Å²) in [7, 11) is 0. The van der Waals surface area contributed by atoms with Gasteiger partial charge >= 0.3 is 5.97 Å². The first-order chi connectivity index (χ1) is 23.0. The van der Waals surface area contributed by atoms with Crippen LogP contribution in [-0.2, 0) is 16.0 Å². The van der Waals surface area contributed by atoms with Gasteiger partial charge in [-0.1, -0.05) is 112 Å². The molecule has 1 amide bonds. The quantitative estimate of drug-likeness (QED) is 0.0747. The van der Waals surface area contributed by atoms with Crippen LogP contribution >= 0.6 is 0 Å². The average Bonchev–Trinajstić information content (AvgIpc) is 3.10. The lowest BCUT2D eigenvalue weighted by atomic mass is 10.00. The highest BCUT2D eigenvalue weighted by molar-refractivity contribution is 6.12. The van der Waals surface area contributed by atoms with Crippen LogP contribution in [0.4, 0.5) is 11.4 Å². The molecule has 4 aromatic rings. The number of carbonyl (C=O) groups is 3. The van der Waals surface area contributed by atoms with Crippen molar-refractivity contribution in [1.82, 2.24) is 0 Å². The van der Waals surface area contributed by atoms with Crippen molar-refractivity contribution in [2.45, 2.75) is 70.8 Å². The Bertz CT molecular complexity index is 1540. The predicted molar refractivity (Wildman–Crippen MR) is 188 cm³/mol. The lowest BCUT2D eigenvalue weighted by molar-refractivity contribution is -0.137. The molecule has 0 radical (unpaired) electrons. The molecule has 0 saturated carbocycles. The fraction of sp³-hybridized carbons (Fsp3) is 0.325. The summed E-state index contributed by atoms with van der Waals surface area (Å²) in [6.07, 6.45) is 8.30. The topological polar surface area (TPSA) is 95.9 Å². The van der Waals surface area contributed by atoms with Gasteiger partial charge in [-0.05, 0) is 54.8 Å². The first-order valence-corrected chi connectivity index (χ1v) is 16.7. The minimum atomic E-state index is -1.01. The summed E-state index contributed by atoms with van der Waals surface area (Å²) in [4.78, 5) is 40.3. The summed E-state index contributed by atoms with van der Waals surface area (Å²) >= 11 is 0. The zero-order valence-corrected chi connectivity index (χ0v) is 27.3. The van der Waals surface area contributed by atoms with Crippen molar-refractivity contribution in [3.05, 3.63) is 126 Å². The molecule has 0 heterocycles. The Labute approximate surface area is 278 Å². The van der Waals surface area contributed by atoms with Crippen molar-refractivity contribution in [3.8, 4) is 5.75 Å². The number of ketones is 1. The molecule has 0 aliphatic heterocycles. The number of unbranched alkanes of at least 4 members (excludes halogenated alkanes) is 5. The number of ether oxygens (including phenoxy) is 1. The Hall–Kier alpha value is -4.91. The Kier molecular flexibility index (Phi) is 14.1. The number of para-hydroxylation sites is 2. The molecule has 0 aliphatic rings. The highest BCUT2D eigenvalue weighted by Crippen LogP contribution is 2.22. The van der Waals surface area contributed by atoms with E-state index >= 15 is 0 Å². The van der Waals surface area contributed by atoms with Crippen molar-refractivity contribution in [2.24, 2.45) is 0 Å². The second-order valence-electron chi connectivity index (χ2n) is 11.7. The van der Waals surface area contributed by atoms with E-state index in [0.29, 0.717) is 48.6 Å². The third-order valence-electron chi connectivity index (χ3n) is 8.11. The minimum absolute atomic E-state index is 0.143. The number of nitrogens with one attached hydrogen (secondary N) is 1. The Morgan fingerprint density at radius 3 is 2.09 bits per heavy atom. The molecule has 0 aliphatic carbocycles. The number of benzene rings is 4. The number of carboxylic acids is 1. The van der Waals surface area contributed by atoms with Crippen molar-refractivity contribution in [1.29, 1.82) is 0 Å². The van der Waals surface area contributed by atoms with E-state index in [1.807, 2.05) is 65.6 Å². The molecule has 246 valence electrons. The van der Waals surface area contributed by atoms with Crippen molar-refractivity contribution in [2.75, 3.05) is 23.4 Å². The first kappa shape index (κ1) is 35.0. The Morgan fingerprint density at radius 2 is 1.38 bits per heavy atom. The van der Waals surface area contributed by atoms with Crippen molar-refractivity contribution >= 4 is 29.0 Å². The van der Waals surface area contributed by atoms with Gasteiger partial charge in [0.25, 0.3) is 0 Å². The van der Waals surface area contributed by atoms with Gasteiger partial charge in [0.15, 0.2) is 5.78 Å². The number of carbonyl (C=O) groups excluding carboxylic acids is 2. The van der Waals surface area contributed by atoms with Crippen LogP contribution in [0, 0.1) is 0 Å². The van der Waals surface area contributed by atoms with Gasteiger partial charge in [0.1, 0.15) is 11.8 Å². The van der Waals surface area contributed by atoms with Gasteiger partial charge in [-0.2, -0.15) is 0 Å². The number of aliphatic carboxylic acids is 1. The molecule has 0 saturated heterocycles. The van der Waals surface area contributed by atoms with E-state index in [9.17, 15) is 19.5 Å². The van der Waals surface area contributed by atoms with Gasteiger partial charge in [-0.25, -0.2) is 4.79 Å². The zero-order chi connectivity index (χ0) is 33.3. The molecule has 4 aromatic carbocycles. The highest BCUT2D eigenvalue weighted by Gasteiger charge is 2.21. The van der Waals surface area contributed by atoms with E-state index < -0.39 is 12.0 Å². The van der Waals surface area contributed by atoms with Crippen LogP contribution in [0.3, 0.4) is 0 Å². The van der Waals surface area contributed by atoms with E-state index in [4.69, 9.17) is 4.74 Å². The normalized spacial score (nSPS) is 11.4. The number of carboxylic acid groups (broad SMARTS) is 1. The fourth-order valence-electron chi connectivity index (χ4n) is 5.51. The smallest absolute Gasteiger partial charge is 0.326 e. The molecule has 4 rings (SSSR count). The summed E-state index contributed by atoms with van der Waals surface area (Å²) < 4.78 is 5.99. The van der Waals surface area contributed by atoms with E-state index in [2.05, 4.69) is 12.2 Å². The molecule has 2 N–H and O–H groups in total. The van der Waals surface area contributed by atoms with Crippen molar-refractivity contribution in [3.63, 3.8) is 0 Å². The van der Waals surface area contributed by atoms with Gasteiger partial charge in [-0.15, -0.1) is 0 Å². The van der Waals surface area contributed by atoms with E-state index in [1.54, 1.807) is 48.5 Å². The lowest BCUT2D eigenvalue weighted by Gasteiger charge is -2.23. The highest BCUT2D eigenvalue weighted by atomic mass is 16.5. The summed E-state index contributed by atoms with van der Waals surface area (Å²) in [5.74, 6) is -0.364. The molecule has 0 spiro atoms. The van der Waals surface area contributed by atoms with Crippen LogP contribution < -0.4 is 15.0 Å². The second-order valence-corrected chi connectivity index (χ2v) is 11.7. The van der Waals surface area contributed by atoms with Gasteiger partial charge in [0, 0.05) is 41.9 Å². The molecule has 7 nitrogen and oxygen atoms in total. The SMILES string of the molecule is CCCCCCCCC(=O)N(CCCOc1ccc(C[C@H](Nc2ccccc2C(=O)c2ccccc2)C(=O)O)cc1)c1ccccc1. The summed E-state index contributed by atoms with van der Waals surface area (Å²) in [6.45, 7) is 3.21. The van der Waals surface area contributed by atoms with Crippen molar-refractivity contribution < 1.29 is 24.2 Å². The van der Waals surface area contributed by atoms with Crippen LogP contribution in [0.2, 0.25) is 0 Å². The third kappa shape index (κ3) is 11.1. The first-order valence-electron chi connectivity index (χ1n) is 16.7. The third-order valence-corrected chi connectivity index (χ3v) is 8.11. The molecular formula is C40H46N2O5. The molecule has 0 aromatic heterocycles. The van der Waals surface area contributed by atoms with Crippen LogP contribution in [0.1, 0.15) is 79.8 Å². The molecule has 7 heteroatoms. The largest absolute Gasteiger partial charge is 0.494 e. The Morgan fingerprint density at radius 1 is 0.745 bits per heavy atom. The van der Waals surface area contributed by atoms with Gasteiger partial charge in [-0.3, -0.25) is 9.59 Å². The van der Waals surface area contributed by atoms with Gasteiger partial charge in [0.05, 0.1) is 6.61 Å². The number of nitrogens with zero attached hydrogens (tertiary/aromatic N) is 1. The standard InChI is InChI=1S/C40H46N2O5/c1-2-3-4-5-6-13-23-38(43)42(33-19-11-8-12-20-33)28-16-29-47-34-26-24-31(25-27-34)30-37(40(45)46)41-36-22-15-14-21-35(36)39(44)32-17-9-7-10-18-32/h7-12,14-15,17-22,24-27,37,41H,2-6,13,16,23,28-30H2,1H3,(H,45,46)/t37-/m0/s1. The summed E-state index contributed by atoms with van der Waals surface area (Å²) in [5.41, 5.74) is 3.16. The minimum Gasteiger partial charge on any atom is -0.494 e. The van der Waals surface area contributed by atoms with Gasteiger partial charge in [0.2, 0.25) is 5.91 Å². The van der Waals surface area contributed by atoms with Crippen LogP contribution in [0.5, 0.6) is 5.75 Å². The number of anilines is 2. The van der Waals surface area contributed by atoms with Crippen LogP contribution in [0.25, 0.3) is 0 Å². The number of hydrogen-bond donors (Lipinski definition) is 2. The molecule has 0 fully saturated rings. The molecule has 0 unspecified atom stereocenters. The Balaban J connectivity index is 1.29. The van der Waals surface area contributed by atoms with Gasteiger partial charge < -0.3 is 20.1 Å². The average molecular weight is 635 g/mol. The molecule has 1 atom stereocenters. The van der Waals surface area contributed by atoms with Crippen LogP contribution in [0.15, 0.2) is 109 Å². The number of amides is 1. The molecule has 47 heavy (non-hydrogen) atoms. The molecular weight excluding hydrogens is 588 g/mol. The number of rotatable bonds is 20. The lowest BCUT2D eigenvalue weighted by Crippen LogP contribution is -2.32. The maximum absolute atomic E-state index is 13.1. The van der Waals surface area contributed by atoms with E-state index in [1.165, 1.54) is 25.7 Å². The van der Waals surface area contributed by atoms with E-state index in [-0.39, 0.29) is 18.1 Å². The summed E-state index contributed by atoms with van der Waals surface area (Å²) in [6, 6.07) is 32.1. The van der Waals surface area contributed by atoms with Crippen LogP contribution in [-0.4, -0.2) is 42.0 Å². The number of hydrogen-bond acceptors (Lipinski definition) is 5. The molecule has 0 bridgehead atoms. The van der Waals surface area contributed by atoms with E-state index in [0.717, 1.165) is 24.1 Å². The zero-order valence-electron chi connectivity index (χ0n) is 27.3. The fourth-order valence-corrected chi connectivity index (χ4v) is 5.51.